The minimum absolute atomic E-state index is 0.0596. The molecule has 1 aromatic carbocycles. The van der Waals surface area contributed by atoms with Gasteiger partial charge in [0.05, 0.1) is 10.7 Å². The number of halogens is 3. The van der Waals surface area contributed by atoms with Gasteiger partial charge in [0.1, 0.15) is 5.82 Å². The summed E-state index contributed by atoms with van der Waals surface area (Å²) in [6, 6.07) is 5.62. The van der Waals surface area contributed by atoms with Crippen molar-refractivity contribution in [2.45, 2.75) is 13.8 Å². The van der Waals surface area contributed by atoms with E-state index in [1.165, 1.54) is 24.3 Å². The van der Waals surface area contributed by atoms with Crippen molar-refractivity contribution >= 4 is 27.5 Å². The highest BCUT2D eigenvalue weighted by Crippen LogP contribution is 2.31. The number of benzene rings is 1. The molecule has 0 aliphatic heterocycles. The van der Waals surface area contributed by atoms with Crippen LogP contribution in [0.25, 0.3) is 5.69 Å². The molecule has 0 bridgehead atoms. The van der Waals surface area contributed by atoms with Crippen LogP contribution in [0.2, 0.25) is 5.02 Å². The van der Waals surface area contributed by atoms with Gasteiger partial charge in [-0.25, -0.2) is 4.39 Å². The molecule has 0 saturated carbocycles. The van der Waals surface area contributed by atoms with Crippen LogP contribution in [0.5, 0.6) is 0 Å². The molecule has 0 fully saturated rings. The third kappa shape index (κ3) is 2.35. The maximum absolute atomic E-state index is 13.2. The van der Waals surface area contributed by atoms with Crippen molar-refractivity contribution in [2.75, 3.05) is 0 Å². The summed E-state index contributed by atoms with van der Waals surface area (Å²) >= 11 is 9.38. The lowest BCUT2D eigenvalue weighted by Gasteiger charge is -2.17. The van der Waals surface area contributed by atoms with Crippen molar-refractivity contribution in [2.24, 2.45) is 0 Å². The highest BCUT2D eigenvalue weighted by atomic mass is 79.9. The topological polar surface area (TPSA) is 22.0 Å². The fourth-order valence-electron chi connectivity index (χ4n) is 1.96. The van der Waals surface area contributed by atoms with Gasteiger partial charge in [0, 0.05) is 28.0 Å². The molecule has 0 N–H and O–H groups in total. The Morgan fingerprint density at radius 2 is 1.72 bits per heavy atom. The number of hydrogen-bond donors (Lipinski definition) is 0. The van der Waals surface area contributed by atoms with Crippen LogP contribution in [0.3, 0.4) is 0 Å². The van der Waals surface area contributed by atoms with Crippen molar-refractivity contribution in [1.82, 2.24) is 4.57 Å². The highest BCUT2D eigenvalue weighted by Gasteiger charge is 2.13. The quantitative estimate of drug-likeness (QED) is 0.774. The Balaban J connectivity index is 2.82. The molecular formula is C13H10BrClFNO. The van der Waals surface area contributed by atoms with E-state index < -0.39 is 5.82 Å². The zero-order chi connectivity index (χ0) is 13.4. The molecule has 1 heterocycles. The molecule has 2 nitrogen and oxygen atoms in total. The van der Waals surface area contributed by atoms with E-state index in [-0.39, 0.29) is 10.5 Å². The Bertz CT molecular complexity index is 632. The van der Waals surface area contributed by atoms with Crippen molar-refractivity contribution in [1.29, 1.82) is 0 Å². The first-order valence-corrected chi connectivity index (χ1v) is 6.42. The lowest BCUT2D eigenvalue weighted by molar-refractivity contribution is 0.626. The minimum atomic E-state index is -0.410. The van der Waals surface area contributed by atoms with E-state index in [2.05, 4.69) is 15.9 Å². The molecule has 0 aliphatic carbocycles. The molecule has 1 aromatic heterocycles. The van der Waals surface area contributed by atoms with Gasteiger partial charge >= 0.3 is 0 Å². The Kier molecular flexibility index (Phi) is 3.59. The zero-order valence-electron chi connectivity index (χ0n) is 9.80. The van der Waals surface area contributed by atoms with E-state index in [1.54, 1.807) is 13.8 Å². The summed E-state index contributed by atoms with van der Waals surface area (Å²) in [5.74, 6) is -0.410. The zero-order valence-corrected chi connectivity index (χ0v) is 12.1. The number of pyridine rings is 1. The minimum Gasteiger partial charge on any atom is -0.316 e. The van der Waals surface area contributed by atoms with E-state index in [4.69, 9.17) is 11.6 Å². The van der Waals surface area contributed by atoms with Gasteiger partial charge in [-0.15, -0.1) is 0 Å². The lowest BCUT2D eigenvalue weighted by atomic mass is 10.2. The molecule has 0 aliphatic rings. The van der Waals surface area contributed by atoms with Crippen LogP contribution in [-0.4, -0.2) is 4.57 Å². The number of rotatable bonds is 1. The van der Waals surface area contributed by atoms with Crippen molar-refractivity contribution in [3.63, 3.8) is 0 Å². The summed E-state index contributed by atoms with van der Waals surface area (Å²) in [6.07, 6.45) is 0. The van der Waals surface area contributed by atoms with Gasteiger partial charge in [0.15, 0.2) is 5.43 Å². The van der Waals surface area contributed by atoms with Gasteiger partial charge < -0.3 is 4.57 Å². The standard InChI is InChI=1S/C13H10BrClFNO/c1-7-3-10(18)4-8(2)17(7)13-11(14)5-9(16)6-12(13)15/h3-6H,1-2H3. The maximum Gasteiger partial charge on any atom is 0.182 e. The van der Waals surface area contributed by atoms with Crippen molar-refractivity contribution in [3.05, 3.63) is 61.2 Å². The molecule has 94 valence electrons. The van der Waals surface area contributed by atoms with E-state index in [0.29, 0.717) is 10.2 Å². The molecule has 0 unspecified atom stereocenters. The SMILES string of the molecule is Cc1cc(=O)cc(C)n1-c1c(Cl)cc(F)cc1Br. The predicted octanol–water partition coefficient (Wildman–Crippen LogP) is 4.01. The van der Waals surface area contributed by atoms with E-state index in [0.717, 1.165) is 11.4 Å². The third-order valence-electron chi connectivity index (χ3n) is 2.61. The first-order chi connectivity index (χ1) is 8.40. The maximum atomic E-state index is 13.2. The van der Waals surface area contributed by atoms with Crippen LogP contribution < -0.4 is 5.43 Å². The molecule has 0 amide bonds. The summed E-state index contributed by atoms with van der Waals surface area (Å²) in [7, 11) is 0. The van der Waals surface area contributed by atoms with Crippen molar-refractivity contribution < 1.29 is 4.39 Å². The van der Waals surface area contributed by atoms with Crippen molar-refractivity contribution in [3.8, 4) is 5.69 Å². The number of nitrogens with zero attached hydrogens (tertiary/aromatic N) is 1. The Labute approximate surface area is 117 Å². The normalized spacial score (nSPS) is 10.7. The smallest absolute Gasteiger partial charge is 0.182 e. The fourth-order valence-corrected chi connectivity index (χ4v) is 2.98. The average molecular weight is 331 g/mol. The Hall–Kier alpha value is -1.13. The largest absolute Gasteiger partial charge is 0.316 e. The number of hydrogen-bond acceptors (Lipinski definition) is 1. The Morgan fingerprint density at radius 3 is 2.22 bits per heavy atom. The average Bonchev–Trinajstić information content (AvgIpc) is 2.20. The monoisotopic (exact) mass is 329 g/mol. The molecule has 2 aromatic rings. The molecule has 0 atom stereocenters. The lowest BCUT2D eigenvalue weighted by Crippen LogP contribution is -2.12. The van der Waals surface area contributed by atoms with Crippen LogP contribution in [0.1, 0.15) is 11.4 Å². The van der Waals surface area contributed by atoms with Gasteiger partial charge in [-0.05, 0) is 41.9 Å². The summed E-state index contributed by atoms with van der Waals surface area (Å²) in [5, 5.41) is 0.289. The summed E-state index contributed by atoms with van der Waals surface area (Å²) < 4.78 is 15.6. The second-order valence-electron chi connectivity index (χ2n) is 4.03. The molecule has 0 spiro atoms. The molecule has 0 radical (unpaired) electrons. The van der Waals surface area contributed by atoms with Gasteiger partial charge in [-0.2, -0.15) is 0 Å². The Morgan fingerprint density at radius 1 is 1.17 bits per heavy atom. The van der Waals surface area contributed by atoms with Crippen LogP contribution >= 0.6 is 27.5 Å². The predicted molar refractivity (Wildman–Crippen MR) is 74.2 cm³/mol. The molecule has 0 saturated heterocycles. The number of aryl methyl sites for hydroxylation is 2. The third-order valence-corrected chi connectivity index (χ3v) is 3.51. The van der Waals surface area contributed by atoms with Crippen LogP contribution in [-0.2, 0) is 0 Å². The summed E-state index contributed by atoms with van der Waals surface area (Å²) in [4.78, 5) is 11.4. The molecule has 5 heteroatoms. The highest BCUT2D eigenvalue weighted by molar-refractivity contribution is 9.10. The second kappa shape index (κ2) is 4.86. The van der Waals surface area contributed by atoms with Crippen LogP contribution in [0.15, 0.2) is 33.5 Å². The molecule has 2 rings (SSSR count). The first kappa shape index (κ1) is 13.3. The van der Waals surface area contributed by atoms with Gasteiger partial charge in [-0.3, -0.25) is 4.79 Å². The van der Waals surface area contributed by atoms with E-state index in [9.17, 15) is 9.18 Å². The van der Waals surface area contributed by atoms with Gasteiger partial charge in [0.25, 0.3) is 0 Å². The number of aromatic nitrogens is 1. The second-order valence-corrected chi connectivity index (χ2v) is 5.29. The van der Waals surface area contributed by atoms with E-state index in [1.807, 2.05) is 4.57 Å². The molecule has 18 heavy (non-hydrogen) atoms. The van der Waals surface area contributed by atoms with E-state index >= 15 is 0 Å². The molecular weight excluding hydrogens is 321 g/mol. The van der Waals surface area contributed by atoms with Gasteiger partial charge in [-0.1, -0.05) is 11.6 Å². The summed E-state index contributed by atoms with van der Waals surface area (Å²) in [5.41, 5.74) is 2.06. The van der Waals surface area contributed by atoms with Gasteiger partial charge in [0.2, 0.25) is 0 Å². The fraction of sp³-hybridized carbons (Fsp3) is 0.154. The first-order valence-electron chi connectivity index (χ1n) is 5.25. The summed E-state index contributed by atoms with van der Waals surface area (Å²) in [6.45, 7) is 3.61. The van der Waals surface area contributed by atoms with Crippen LogP contribution in [0, 0.1) is 19.7 Å². The van der Waals surface area contributed by atoms with Crippen LogP contribution in [0.4, 0.5) is 4.39 Å².